The first-order chi connectivity index (χ1) is 18.3. The van der Waals surface area contributed by atoms with E-state index in [1.165, 1.54) is 12.0 Å². The second-order valence-electron chi connectivity index (χ2n) is 10.8. The number of alkyl carbamates (subject to hydrolysis) is 1. The van der Waals surface area contributed by atoms with E-state index in [9.17, 15) is 19.2 Å². The maximum absolute atomic E-state index is 14.1. The minimum atomic E-state index is -1.07. The lowest BCUT2D eigenvalue weighted by atomic mass is 9.97. The number of ether oxygens (including phenoxy) is 2. The maximum Gasteiger partial charge on any atom is 0.408 e. The number of benzene rings is 1. The molecule has 0 saturated carbocycles. The van der Waals surface area contributed by atoms with Gasteiger partial charge in [-0.15, -0.1) is 6.42 Å². The van der Waals surface area contributed by atoms with E-state index in [0.29, 0.717) is 17.5 Å². The van der Waals surface area contributed by atoms with Crippen LogP contribution in [0.25, 0.3) is 0 Å². The molecule has 1 rings (SSSR count). The number of methoxy groups -OCH3 is 1. The van der Waals surface area contributed by atoms with E-state index in [2.05, 4.69) is 28.2 Å². The Hall–Kier alpha value is -3.54. The molecule has 2 unspecified atom stereocenters. The van der Waals surface area contributed by atoms with Crippen LogP contribution in [0.4, 0.5) is 4.79 Å². The third-order valence-electron chi connectivity index (χ3n) is 5.98. The van der Waals surface area contributed by atoms with E-state index in [1.54, 1.807) is 45.0 Å². The third kappa shape index (κ3) is 11.8. The molecule has 0 radical (unpaired) electrons. The summed E-state index contributed by atoms with van der Waals surface area (Å²) >= 11 is 0. The van der Waals surface area contributed by atoms with Crippen LogP contribution in [0.3, 0.4) is 0 Å². The highest BCUT2D eigenvalue weighted by molar-refractivity contribution is 5.93. The Labute approximate surface area is 233 Å². The van der Waals surface area contributed by atoms with Crippen molar-refractivity contribution in [1.29, 1.82) is 0 Å². The second-order valence-corrected chi connectivity index (χ2v) is 10.8. The average Bonchev–Trinajstić information content (AvgIpc) is 2.88. The number of carbonyl (C=O) groups is 4. The van der Waals surface area contributed by atoms with Crippen molar-refractivity contribution < 1.29 is 28.7 Å². The topological polar surface area (TPSA) is 114 Å². The fourth-order valence-corrected chi connectivity index (χ4v) is 3.94. The molecule has 0 aromatic heterocycles. The number of nitrogens with zero attached hydrogens (tertiary/aromatic N) is 1. The molecule has 2 atom stereocenters. The number of terminal acetylenes is 1. The monoisotopic (exact) mass is 543 g/mol. The highest BCUT2D eigenvalue weighted by atomic mass is 16.6. The van der Waals surface area contributed by atoms with Crippen molar-refractivity contribution in [3.05, 3.63) is 35.4 Å². The molecule has 0 aliphatic rings. The van der Waals surface area contributed by atoms with E-state index in [4.69, 9.17) is 11.2 Å². The standard InChI is InChI=1S/C30H45N3O6/c1-9-11-12-13-14-19-33(28(36)25(21(3)4)32-29(37)39-30(5,6)7)26(27(35)31-20-24(34)38-8)23-17-15-22(10-2)16-18-23/h2,15-18,21,25-26H,9,11-14,19-20H2,1,3-8H3,(H,31,35)(H,32,37). The molecular weight excluding hydrogens is 498 g/mol. The van der Waals surface area contributed by atoms with Crippen molar-refractivity contribution in [1.82, 2.24) is 15.5 Å². The van der Waals surface area contributed by atoms with Crippen molar-refractivity contribution in [2.75, 3.05) is 20.2 Å². The molecule has 0 spiro atoms. The number of unbranched alkanes of at least 4 members (excludes halogenated alkanes) is 4. The Bertz CT molecular complexity index is 991. The van der Waals surface area contributed by atoms with Crippen LogP contribution in [-0.2, 0) is 23.9 Å². The highest BCUT2D eigenvalue weighted by Gasteiger charge is 2.37. The predicted molar refractivity (Wildman–Crippen MR) is 151 cm³/mol. The second kappa shape index (κ2) is 16.4. The van der Waals surface area contributed by atoms with Crippen molar-refractivity contribution in [2.24, 2.45) is 5.92 Å². The molecule has 0 aliphatic carbocycles. The van der Waals surface area contributed by atoms with Crippen LogP contribution in [0.15, 0.2) is 24.3 Å². The van der Waals surface area contributed by atoms with Gasteiger partial charge in [0.2, 0.25) is 11.8 Å². The van der Waals surface area contributed by atoms with Gasteiger partial charge in [-0.05, 0) is 50.8 Å². The smallest absolute Gasteiger partial charge is 0.408 e. The molecule has 0 saturated heterocycles. The minimum absolute atomic E-state index is 0.273. The van der Waals surface area contributed by atoms with Crippen LogP contribution < -0.4 is 10.6 Å². The molecule has 0 aliphatic heterocycles. The van der Waals surface area contributed by atoms with Gasteiger partial charge in [-0.25, -0.2) is 4.79 Å². The Morgan fingerprint density at radius 1 is 1.03 bits per heavy atom. The van der Waals surface area contributed by atoms with Gasteiger partial charge in [0.25, 0.3) is 0 Å². The molecule has 0 heterocycles. The lowest BCUT2D eigenvalue weighted by Crippen LogP contribution is -2.55. The van der Waals surface area contributed by atoms with Gasteiger partial charge in [-0.2, -0.15) is 0 Å². The van der Waals surface area contributed by atoms with Crippen LogP contribution >= 0.6 is 0 Å². The number of rotatable bonds is 14. The SMILES string of the molecule is C#Cc1ccc(C(C(=O)NCC(=O)OC)N(CCCCCCC)C(=O)C(NC(=O)OC(C)(C)C)C(C)C)cc1. The number of amides is 3. The number of carbonyl (C=O) groups excluding carboxylic acids is 4. The molecule has 9 nitrogen and oxygen atoms in total. The summed E-state index contributed by atoms with van der Waals surface area (Å²) < 4.78 is 10.1. The highest BCUT2D eigenvalue weighted by Crippen LogP contribution is 2.25. The Kier molecular flexibility index (Phi) is 14.1. The van der Waals surface area contributed by atoms with Crippen LogP contribution in [0, 0.1) is 18.3 Å². The number of nitrogens with one attached hydrogen (secondary N) is 2. The molecule has 0 fully saturated rings. The lowest BCUT2D eigenvalue weighted by molar-refractivity contribution is -0.145. The van der Waals surface area contributed by atoms with E-state index in [0.717, 1.165) is 25.7 Å². The first-order valence-corrected chi connectivity index (χ1v) is 13.6. The summed E-state index contributed by atoms with van der Waals surface area (Å²) in [4.78, 5) is 53.5. The van der Waals surface area contributed by atoms with E-state index < -0.39 is 41.6 Å². The fraction of sp³-hybridized carbons (Fsp3) is 0.600. The molecule has 9 heteroatoms. The van der Waals surface area contributed by atoms with E-state index >= 15 is 0 Å². The van der Waals surface area contributed by atoms with Gasteiger partial charge in [0.05, 0.1) is 7.11 Å². The fourth-order valence-electron chi connectivity index (χ4n) is 3.94. The lowest BCUT2D eigenvalue weighted by Gasteiger charge is -2.35. The van der Waals surface area contributed by atoms with Crippen LogP contribution in [0.5, 0.6) is 0 Å². The van der Waals surface area contributed by atoms with Crippen LogP contribution in [0.2, 0.25) is 0 Å². The number of esters is 1. The molecule has 216 valence electrons. The zero-order valence-corrected chi connectivity index (χ0v) is 24.5. The molecule has 1 aromatic carbocycles. The van der Waals surface area contributed by atoms with Gasteiger partial charge in [-0.1, -0.05) is 64.5 Å². The van der Waals surface area contributed by atoms with Crippen molar-refractivity contribution in [3.8, 4) is 12.3 Å². The first kappa shape index (κ1) is 33.5. The van der Waals surface area contributed by atoms with Gasteiger partial charge in [0, 0.05) is 12.1 Å². The maximum atomic E-state index is 14.1. The molecule has 2 N–H and O–H groups in total. The third-order valence-corrected chi connectivity index (χ3v) is 5.98. The zero-order chi connectivity index (χ0) is 29.6. The van der Waals surface area contributed by atoms with E-state index in [1.807, 2.05) is 13.8 Å². The van der Waals surface area contributed by atoms with Crippen molar-refractivity contribution in [2.45, 2.75) is 91.3 Å². The summed E-state index contributed by atoms with van der Waals surface area (Å²) in [6.45, 7) is 10.9. The van der Waals surface area contributed by atoms with Gasteiger partial charge in [0.1, 0.15) is 24.2 Å². The zero-order valence-electron chi connectivity index (χ0n) is 24.5. The summed E-state index contributed by atoms with van der Waals surface area (Å²) in [6, 6.07) is 4.76. The molecular formula is C30H45N3O6. The first-order valence-electron chi connectivity index (χ1n) is 13.6. The van der Waals surface area contributed by atoms with Gasteiger partial charge in [-0.3, -0.25) is 14.4 Å². The largest absolute Gasteiger partial charge is 0.468 e. The summed E-state index contributed by atoms with van der Waals surface area (Å²) in [6.07, 6.45) is 9.46. The van der Waals surface area contributed by atoms with Gasteiger partial charge >= 0.3 is 12.1 Å². The Morgan fingerprint density at radius 2 is 1.64 bits per heavy atom. The molecule has 1 aromatic rings. The number of hydrogen-bond acceptors (Lipinski definition) is 6. The predicted octanol–water partition coefficient (Wildman–Crippen LogP) is 4.35. The quantitative estimate of drug-likeness (QED) is 0.205. The van der Waals surface area contributed by atoms with Crippen LogP contribution in [0.1, 0.15) is 90.8 Å². The van der Waals surface area contributed by atoms with Gasteiger partial charge < -0.3 is 25.0 Å². The average molecular weight is 544 g/mol. The summed E-state index contributed by atoms with van der Waals surface area (Å²) in [5, 5.41) is 5.29. The number of hydrogen-bond donors (Lipinski definition) is 2. The van der Waals surface area contributed by atoms with Gasteiger partial charge in [0.15, 0.2) is 0 Å². The van der Waals surface area contributed by atoms with Crippen molar-refractivity contribution >= 4 is 23.9 Å². The van der Waals surface area contributed by atoms with Crippen LogP contribution in [-0.4, -0.2) is 60.6 Å². The molecule has 0 bridgehead atoms. The normalized spacial score (nSPS) is 12.6. The summed E-state index contributed by atoms with van der Waals surface area (Å²) in [5.41, 5.74) is 0.400. The van der Waals surface area contributed by atoms with E-state index in [-0.39, 0.29) is 19.0 Å². The molecule has 39 heavy (non-hydrogen) atoms. The molecule has 3 amide bonds. The Balaban J connectivity index is 3.47. The summed E-state index contributed by atoms with van der Waals surface area (Å²) in [7, 11) is 1.23. The summed E-state index contributed by atoms with van der Waals surface area (Å²) in [5.74, 6) is 0.661. The minimum Gasteiger partial charge on any atom is -0.468 e. The Morgan fingerprint density at radius 3 is 2.15 bits per heavy atom. The van der Waals surface area contributed by atoms with Crippen molar-refractivity contribution in [3.63, 3.8) is 0 Å².